The molecule has 0 bridgehead atoms. The van der Waals surface area contributed by atoms with Gasteiger partial charge in [-0.3, -0.25) is 0 Å². The monoisotopic (exact) mass is 755 g/mol. The van der Waals surface area contributed by atoms with Gasteiger partial charge in [0.2, 0.25) is 0 Å². The van der Waals surface area contributed by atoms with Crippen molar-refractivity contribution >= 4 is 27.4 Å². The van der Waals surface area contributed by atoms with Crippen LogP contribution < -0.4 is 0 Å². The first kappa shape index (κ1) is 35.2. The Morgan fingerprint density at radius 1 is 0.492 bits per heavy atom. The van der Waals surface area contributed by atoms with Crippen LogP contribution in [0.25, 0.3) is 44.2 Å². The second kappa shape index (κ2) is 14.8. The zero-order valence-corrected chi connectivity index (χ0v) is 33.1. The molecule has 0 radical (unpaired) electrons. The van der Waals surface area contributed by atoms with Gasteiger partial charge in [-0.15, -0.1) is 0 Å². The van der Waals surface area contributed by atoms with Crippen LogP contribution >= 0.6 is 0 Å². The molecule has 0 amide bonds. The van der Waals surface area contributed by atoms with Gasteiger partial charge in [0, 0.05) is 16.7 Å². The topological polar surface area (TPSA) is 4.93 Å². The lowest BCUT2D eigenvalue weighted by atomic mass is 9.63. The van der Waals surface area contributed by atoms with Gasteiger partial charge >= 0.3 is 0 Å². The van der Waals surface area contributed by atoms with Gasteiger partial charge in [-0.05, 0) is 99.0 Å². The molecule has 1 aliphatic heterocycles. The summed E-state index contributed by atoms with van der Waals surface area (Å²) in [5.41, 5.74) is 17.8. The van der Waals surface area contributed by atoms with Crippen molar-refractivity contribution in [3.63, 3.8) is 0 Å². The Labute approximate surface area is 347 Å². The summed E-state index contributed by atoms with van der Waals surface area (Å²) >= 11 is 0. The van der Waals surface area contributed by atoms with Crippen LogP contribution in [0.5, 0.6) is 0 Å². The molecule has 2 atom stereocenters. The fraction of sp³-hybridized carbons (Fsp3) is 0.103. The summed E-state index contributed by atoms with van der Waals surface area (Å²) in [4.78, 5) is 0. The molecule has 0 saturated heterocycles. The molecule has 1 aromatic heterocycles. The maximum absolute atomic E-state index is 2.51. The number of benzene rings is 8. The second-order valence-electron chi connectivity index (χ2n) is 16.2. The molecule has 11 rings (SSSR count). The molecule has 59 heavy (non-hydrogen) atoms. The first-order valence-corrected chi connectivity index (χ1v) is 21.2. The van der Waals surface area contributed by atoms with E-state index in [-0.39, 0.29) is 5.92 Å². The van der Waals surface area contributed by atoms with Crippen molar-refractivity contribution in [3.05, 3.63) is 263 Å². The van der Waals surface area contributed by atoms with Crippen LogP contribution in [-0.4, -0.2) is 4.57 Å². The van der Waals surface area contributed by atoms with E-state index in [0.717, 1.165) is 25.7 Å². The van der Waals surface area contributed by atoms with E-state index in [2.05, 4.69) is 223 Å². The fourth-order valence-electron chi connectivity index (χ4n) is 10.2. The van der Waals surface area contributed by atoms with Gasteiger partial charge in [-0.2, -0.15) is 0 Å². The van der Waals surface area contributed by atoms with Crippen LogP contribution in [0.3, 0.4) is 0 Å². The third kappa shape index (κ3) is 5.92. The van der Waals surface area contributed by atoms with Crippen molar-refractivity contribution in [2.24, 2.45) is 0 Å². The molecule has 2 heterocycles. The van der Waals surface area contributed by atoms with Crippen molar-refractivity contribution in [2.75, 3.05) is 0 Å². The van der Waals surface area contributed by atoms with E-state index < -0.39 is 5.41 Å². The molecule has 282 valence electrons. The molecule has 0 spiro atoms. The Balaban J connectivity index is 1.03. The van der Waals surface area contributed by atoms with Gasteiger partial charge in [-0.25, -0.2) is 0 Å². The van der Waals surface area contributed by atoms with Crippen molar-refractivity contribution in [1.82, 2.24) is 4.57 Å². The highest BCUT2D eigenvalue weighted by molar-refractivity contribution is 6.12. The summed E-state index contributed by atoms with van der Waals surface area (Å²) in [7, 11) is 0. The summed E-state index contributed by atoms with van der Waals surface area (Å²) in [6.07, 6.45) is 11.0. The summed E-state index contributed by atoms with van der Waals surface area (Å²) in [5, 5.41) is 2.58. The lowest BCUT2D eigenvalue weighted by molar-refractivity contribution is 0.707. The predicted molar refractivity (Wildman–Crippen MR) is 247 cm³/mol. The molecule has 1 heteroatoms. The normalized spacial score (nSPS) is 16.2. The Morgan fingerprint density at radius 3 is 1.86 bits per heavy atom. The van der Waals surface area contributed by atoms with Gasteiger partial charge in [0.15, 0.2) is 0 Å². The third-order valence-electron chi connectivity index (χ3n) is 13.1. The minimum absolute atomic E-state index is 0.233. The number of hydrogen-bond acceptors (Lipinski definition) is 0. The van der Waals surface area contributed by atoms with Crippen LogP contribution in [0.2, 0.25) is 0 Å². The van der Waals surface area contributed by atoms with E-state index in [0.29, 0.717) is 0 Å². The number of nitrogens with zero attached hydrogens (tertiary/aromatic N) is 1. The number of allylic oxidation sites excluding steroid dienone is 4. The quantitative estimate of drug-likeness (QED) is 0.138. The predicted octanol–water partition coefficient (Wildman–Crippen LogP) is 14.6. The number of hydrogen-bond donors (Lipinski definition) is 0. The average Bonchev–Trinajstić information content (AvgIpc) is 3.66. The molecule has 0 N–H and O–H groups in total. The van der Waals surface area contributed by atoms with Crippen molar-refractivity contribution in [3.8, 4) is 16.8 Å². The largest absolute Gasteiger partial charge is 0.309 e. The third-order valence-corrected chi connectivity index (χ3v) is 13.1. The Hall–Kier alpha value is -6.96. The zero-order chi connectivity index (χ0) is 39.2. The summed E-state index contributed by atoms with van der Waals surface area (Å²) in [5.74, 6) is 0.233. The first-order chi connectivity index (χ1) is 29.3. The molecular weight excluding hydrogens is 711 g/mol. The van der Waals surface area contributed by atoms with Crippen LogP contribution in [0.1, 0.15) is 69.7 Å². The van der Waals surface area contributed by atoms with Gasteiger partial charge in [0.1, 0.15) is 0 Å². The number of rotatable bonds is 9. The molecule has 0 fully saturated rings. The molecule has 2 unspecified atom stereocenters. The summed E-state index contributed by atoms with van der Waals surface area (Å²) in [6.45, 7) is 0. The van der Waals surface area contributed by atoms with Crippen molar-refractivity contribution < 1.29 is 0 Å². The number of aryl methyl sites for hydroxylation is 1. The Bertz CT molecular complexity index is 3000. The van der Waals surface area contributed by atoms with Gasteiger partial charge in [0.25, 0.3) is 0 Å². The highest BCUT2D eigenvalue weighted by atomic mass is 15.0. The molecule has 0 saturated carbocycles. The minimum atomic E-state index is -0.515. The number of para-hydroxylation sites is 3. The SMILES string of the molecule is C1=CCCC(c2ccc(CCC(c3ccc(-c4ccccc4)cc3)c3ccc(C4(c5ccccc5)c5ccccc5-n5c6ccccc6c6cccc4c65)cc3)cc2)=C1. The van der Waals surface area contributed by atoms with Crippen LogP contribution in [0.4, 0.5) is 0 Å². The lowest BCUT2D eigenvalue weighted by Crippen LogP contribution is -2.35. The second-order valence-corrected chi connectivity index (χ2v) is 16.2. The van der Waals surface area contributed by atoms with Gasteiger partial charge in [-0.1, -0.05) is 206 Å². The molecule has 8 aromatic carbocycles. The number of aromatic nitrogens is 1. The Morgan fingerprint density at radius 2 is 1.10 bits per heavy atom. The highest BCUT2D eigenvalue weighted by Crippen LogP contribution is 2.54. The molecule has 2 aliphatic rings. The standard InChI is InChI=1S/C58H45N/c1-4-15-42(16-5-1)44-30-27-41(28-31-44)29-40-50(46-34-32-45(33-35-46)43-17-6-2-7-18-43)47-36-38-49(39-37-47)58(48-19-8-3-9-20-48)53-23-11-13-26-56(53)59-55-25-12-10-21-51(55)52-22-14-24-54(58)57(52)59/h1-4,6-15,17-28,30-39,50H,5,16,29,40H2. The van der Waals surface area contributed by atoms with E-state index in [4.69, 9.17) is 0 Å². The van der Waals surface area contributed by atoms with Crippen LogP contribution in [0, 0.1) is 0 Å². The van der Waals surface area contributed by atoms with E-state index in [9.17, 15) is 0 Å². The molecule has 1 aliphatic carbocycles. The maximum atomic E-state index is 2.51. The van der Waals surface area contributed by atoms with Gasteiger partial charge < -0.3 is 4.57 Å². The van der Waals surface area contributed by atoms with Gasteiger partial charge in [0.05, 0.1) is 22.1 Å². The van der Waals surface area contributed by atoms with E-state index in [1.54, 1.807) is 0 Å². The molecule has 1 nitrogen and oxygen atoms in total. The molecule has 9 aromatic rings. The average molecular weight is 756 g/mol. The lowest BCUT2D eigenvalue weighted by Gasteiger charge is -2.41. The zero-order valence-electron chi connectivity index (χ0n) is 33.1. The van der Waals surface area contributed by atoms with Crippen LogP contribution in [0.15, 0.2) is 218 Å². The molecular formula is C58H45N. The summed E-state index contributed by atoms with van der Waals surface area (Å²) < 4.78 is 2.51. The number of fused-ring (bicyclic) bond motifs is 5. The van der Waals surface area contributed by atoms with E-state index in [1.807, 2.05) is 0 Å². The van der Waals surface area contributed by atoms with E-state index >= 15 is 0 Å². The maximum Gasteiger partial charge on any atom is 0.0742 e. The van der Waals surface area contributed by atoms with Crippen molar-refractivity contribution in [1.29, 1.82) is 0 Å². The first-order valence-electron chi connectivity index (χ1n) is 21.2. The van der Waals surface area contributed by atoms with Crippen LogP contribution in [-0.2, 0) is 11.8 Å². The van der Waals surface area contributed by atoms with Crippen molar-refractivity contribution in [2.45, 2.75) is 37.0 Å². The van der Waals surface area contributed by atoms with E-state index in [1.165, 1.54) is 88.7 Å². The Kier molecular flexibility index (Phi) is 8.81. The highest BCUT2D eigenvalue weighted by Gasteiger charge is 2.45. The smallest absolute Gasteiger partial charge is 0.0742 e. The minimum Gasteiger partial charge on any atom is -0.309 e. The summed E-state index contributed by atoms with van der Waals surface area (Å²) in [6, 6.07) is 75.2. The fourth-order valence-corrected chi connectivity index (χ4v) is 10.2.